The zero-order chi connectivity index (χ0) is 14.5. The lowest BCUT2D eigenvalue weighted by Crippen LogP contribution is -2.51. The van der Waals surface area contributed by atoms with Crippen LogP contribution in [0.1, 0.15) is 72.1 Å². The highest BCUT2D eigenvalue weighted by atomic mass is 16.5. The molecule has 1 saturated heterocycles. The molecule has 3 heteroatoms. The highest BCUT2D eigenvalue weighted by Crippen LogP contribution is 2.32. The van der Waals surface area contributed by atoms with E-state index in [2.05, 4.69) is 26.1 Å². The number of hydrogen-bond acceptors (Lipinski definition) is 3. The van der Waals surface area contributed by atoms with E-state index in [0.29, 0.717) is 6.10 Å². The summed E-state index contributed by atoms with van der Waals surface area (Å²) in [5, 5.41) is 3.65. The Morgan fingerprint density at radius 1 is 1.10 bits per heavy atom. The number of rotatable bonds is 5. The normalized spacial score (nSPS) is 27.4. The van der Waals surface area contributed by atoms with Crippen LogP contribution >= 0.6 is 0 Å². The fraction of sp³-hybridized carbons (Fsp3) is 1.00. The molecule has 1 aliphatic carbocycles. The van der Waals surface area contributed by atoms with Crippen LogP contribution < -0.4 is 5.32 Å². The molecule has 2 rings (SSSR count). The molecule has 3 nitrogen and oxygen atoms in total. The molecule has 0 aromatic carbocycles. The number of hydrogen-bond donors (Lipinski definition) is 1. The molecule has 1 N–H and O–H groups in total. The molecular weight excluding hydrogens is 250 g/mol. The summed E-state index contributed by atoms with van der Waals surface area (Å²) in [5.41, 5.74) is 0.210. The third-order valence-electron chi connectivity index (χ3n) is 4.56. The molecule has 1 saturated carbocycles. The predicted molar refractivity (Wildman–Crippen MR) is 83.1 cm³/mol. The average molecular weight is 283 g/mol. The van der Waals surface area contributed by atoms with E-state index in [1.807, 2.05) is 0 Å². The van der Waals surface area contributed by atoms with Gasteiger partial charge in [0.1, 0.15) is 0 Å². The van der Waals surface area contributed by atoms with Crippen LogP contribution in [0, 0.1) is 0 Å². The molecule has 20 heavy (non-hydrogen) atoms. The van der Waals surface area contributed by atoms with Gasteiger partial charge in [-0.15, -0.1) is 0 Å². The Bertz CT molecular complexity index is 273. The van der Waals surface area contributed by atoms with Crippen LogP contribution in [0.25, 0.3) is 0 Å². The van der Waals surface area contributed by atoms with Crippen molar-refractivity contribution < 1.29 is 9.47 Å². The molecule has 1 atom stereocenters. The summed E-state index contributed by atoms with van der Waals surface area (Å²) in [6.07, 6.45) is 10.4. The first-order valence-corrected chi connectivity index (χ1v) is 8.50. The van der Waals surface area contributed by atoms with Crippen molar-refractivity contribution in [3.63, 3.8) is 0 Å². The van der Waals surface area contributed by atoms with Gasteiger partial charge in [-0.2, -0.15) is 0 Å². The monoisotopic (exact) mass is 283 g/mol. The maximum absolute atomic E-state index is 6.42. The van der Waals surface area contributed by atoms with Crippen molar-refractivity contribution in [1.29, 1.82) is 0 Å². The molecule has 0 amide bonds. The largest absolute Gasteiger partial charge is 0.376 e. The van der Waals surface area contributed by atoms with Crippen LogP contribution in [0.15, 0.2) is 0 Å². The lowest BCUT2D eigenvalue weighted by Gasteiger charge is -2.40. The molecular formula is C17H33NO2. The van der Waals surface area contributed by atoms with E-state index in [0.717, 1.165) is 19.8 Å². The van der Waals surface area contributed by atoms with Gasteiger partial charge in [0.2, 0.25) is 0 Å². The SMILES string of the molecule is CC(C)(C)NCC1(OCC2CCCCO2)CCCCC1. The minimum atomic E-state index is 0.0480. The predicted octanol–water partition coefficient (Wildman–Crippen LogP) is 3.66. The van der Waals surface area contributed by atoms with Gasteiger partial charge in [0.25, 0.3) is 0 Å². The van der Waals surface area contributed by atoms with Gasteiger partial charge in [-0.3, -0.25) is 0 Å². The van der Waals surface area contributed by atoms with Crippen LogP contribution in [0.3, 0.4) is 0 Å². The Kier molecular flexibility index (Phi) is 5.88. The first-order valence-electron chi connectivity index (χ1n) is 8.50. The smallest absolute Gasteiger partial charge is 0.0808 e. The van der Waals surface area contributed by atoms with Crippen LogP contribution in [0.5, 0.6) is 0 Å². The van der Waals surface area contributed by atoms with E-state index in [-0.39, 0.29) is 11.1 Å². The Balaban J connectivity index is 1.85. The molecule has 0 aromatic rings. The molecule has 2 aliphatic rings. The van der Waals surface area contributed by atoms with E-state index in [1.54, 1.807) is 0 Å². The zero-order valence-electron chi connectivity index (χ0n) is 13.7. The summed E-state index contributed by atoms with van der Waals surface area (Å²) < 4.78 is 12.2. The molecule has 0 spiro atoms. The van der Waals surface area contributed by atoms with E-state index in [1.165, 1.54) is 51.4 Å². The van der Waals surface area contributed by atoms with Gasteiger partial charge in [-0.05, 0) is 52.9 Å². The second-order valence-electron chi connectivity index (χ2n) is 7.65. The Labute approximate surface area is 124 Å². The van der Waals surface area contributed by atoms with Crippen LogP contribution in [-0.4, -0.2) is 37.0 Å². The van der Waals surface area contributed by atoms with Crippen molar-refractivity contribution in [2.75, 3.05) is 19.8 Å². The second kappa shape index (κ2) is 7.24. The van der Waals surface area contributed by atoms with Crippen LogP contribution in [-0.2, 0) is 9.47 Å². The van der Waals surface area contributed by atoms with Crippen molar-refractivity contribution >= 4 is 0 Å². The average Bonchev–Trinajstić information content (AvgIpc) is 2.45. The molecule has 1 aliphatic heterocycles. The summed E-state index contributed by atoms with van der Waals surface area (Å²) in [6, 6.07) is 0. The molecule has 1 heterocycles. The summed E-state index contributed by atoms with van der Waals surface area (Å²) >= 11 is 0. The van der Waals surface area contributed by atoms with E-state index in [4.69, 9.17) is 9.47 Å². The Hall–Kier alpha value is -0.120. The van der Waals surface area contributed by atoms with Crippen molar-refractivity contribution in [1.82, 2.24) is 5.32 Å². The fourth-order valence-electron chi connectivity index (χ4n) is 3.20. The highest BCUT2D eigenvalue weighted by Gasteiger charge is 2.34. The van der Waals surface area contributed by atoms with Gasteiger partial charge in [-0.25, -0.2) is 0 Å². The summed E-state index contributed by atoms with van der Waals surface area (Å²) in [4.78, 5) is 0. The van der Waals surface area contributed by atoms with Gasteiger partial charge in [0.05, 0.1) is 18.3 Å². The molecule has 0 radical (unpaired) electrons. The lowest BCUT2D eigenvalue weighted by molar-refractivity contribution is -0.121. The van der Waals surface area contributed by atoms with Gasteiger partial charge >= 0.3 is 0 Å². The van der Waals surface area contributed by atoms with E-state index < -0.39 is 0 Å². The molecule has 2 fully saturated rings. The molecule has 0 bridgehead atoms. The second-order valence-corrected chi connectivity index (χ2v) is 7.65. The maximum atomic E-state index is 6.42. The fourth-order valence-corrected chi connectivity index (χ4v) is 3.20. The van der Waals surface area contributed by atoms with Gasteiger partial charge in [-0.1, -0.05) is 19.3 Å². The van der Waals surface area contributed by atoms with Crippen LogP contribution in [0.4, 0.5) is 0 Å². The lowest BCUT2D eigenvalue weighted by atomic mass is 9.84. The minimum absolute atomic E-state index is 0.0480. The van der Waals surface area contributed by atoms with Crippen LogP contribution in [0.2, 0.25) is 0 Å². The standard InChI is InChI=1S/C17H33NO2/c1-16(2,3)18-14-17(10-6-4-7-11-17)20-13-15-9-5-8-12-19-15/h15,18H,4-14H2,1-3H3. The third kappa shape index (κ3) is 5.34. The molecule has 0 aromatic heterocycles. The third-order valence-corrected chi connectivity index (χ3v) is 4.56. The summed E-state index contributed by atoms with van der Waals surface area (Å²) in [6.45, 7) is 9.37. The topological polar surface area (TPSA) is 30.5 Å². The van der Waals surface area contributed by atoms with Gasteiger partial charge in [0, 0.05) is 18.7 Å². The summed E-state index contributed by atoms with van der Waals surface area (Å²) in [5.74, 6) is 0. The number of ether oxygens (including phenoxy) is 2. The first-order chi connectivity index (χ1) is 9.49. The Morgan fingerprint density at radius 2 is 1.85 bits per heavy atom. The minimum Gasteiger partial charge on any atom is -0.376 e. The summed E-state index contributed by atoms with van der Waals surface area (Å²) in [7, 11) is 0. The van der Waals surface area contributed by atoms with Crippen molar-refractivity contribution in [3.05, 3.63) is 0 Å². The van der Waals surface area contributed by atoms with Crippen molar-refractivity contribution in [2.24, 2.45) is 0 Å². The maximum Gasteiger partial charge on any atom is 0.0808 e. The quantitative estimate of drug-likeness (QED) is 0.835. The van der Waals surface area contributed by atoms with Gasteiger partial charge < -0.3 is 14.8 Å². The highest BCUT2D eigenvalue weighted by molar-refractivity contribution is 4.89. The van der Waals surface area contributed by atoms with Gasteiger partial charge in [0.15, 0.2) is 0 Å². The van der Waals surface area contributed by atoms with Crippen molar-refractivity contribution in [3.8, 4) is 0 Å². The first kappa shape index (κ1) is 16.3. The molecule has 1 unspecified atom stereocenters. The zero-order valence-corrected chi connectivity index (χ0v) is 13.7. The van der Waals surface area contributed by atoms with E-state index >= 15 is 0 Å². The van der Waals surface area contributed by atoms with E-state index in [9.17, 15) is 0 Å². The Morgan fingerprint density at radius 3 is 2.45 bits per heavy atom. The van der Waals surface area contributed by atoms with Crippen molar-refractivity contribution in [2.45, 2.75) is 89.4 Å². The molecule has 118 valence electrons. The number of nitrogens with one attached hydrogen (secondary N) is 1.